The van der Waals surface area contributed by atoms with Crippen molar-refractivity contribution in [1.82, 2.24) is 0 Å². The van der Waals surface area contributed by atoms with Crippen LogP contribution in [-0.4, -0.2) is 12.1 Å². The highest BCUT2D eigenvalue weighted by Crippen LogP contribution is 2.31. The molecule has 0 bridgehead atoms. The van der Waals surface area contributed by atoms with E-state index in [1.165, 1.54) is 6.92 Å². The van der Waals surface area contributed by atoms with Gasteiger partial charge in [0.25, 0.3) is 0 Å². The molecule has 8 heteroatoms. The monoisotopic (exact) mass is 287 g/mol. The molecule has 0 aliphatic carbocycles. The van der Waals surface area contributed by atoms with Gasteiger partial charge >= 0.3 is 12.1 Å². The van der Waals surface area contributed by atoms with Crippen LogP contribution in [0.25, 0.3) is 0 Å². The molecular formula is C9H6ClF4NOS. The van der Waals surface area contributed by atoms with Crippen molar-refractivity contribution < 1.29 is 22.4 Å². The number of amides is 1. The minimum Gasteiger partial charge on any atom is -0.318 e. The van der Waals surface area contributed by atoms with Gasteiger partial charge in [0.1, 0.15) is 5.82 Å². The van der Waals surface area contributed by atoms with E-state index in [9.17, 15) is 22.4 Å². The molecule has 1 N–H and O–H groups in total. The molecular weight excluding hydrogens is 282 g/mol. The van der Waals surface area contributed by atoms with Gasteiger partial charge in [-0.25, -0.2) is 4.39 Å². The first-order chi connectivity index (χ1) is 7.75. The van der Waals surface area contributed by atoms with Crippen LogP contribution < -0.4 is 5.32 Å². The number of hydrogen-bond donors (Lipinski definition) is 1. The lowest BCUT2D eigenvalue weighted by atomic mass is 10.2. The van der Waals surface area contributed by atoms with Crippen molar-refractivity contribution >= 4 is 33.3 Å². The molecule has 1 amide bonds. The van der Waals surface area contributed by atoms with Gasteiger partial charge in [-0.15, -0.1) is 0 Å². The molecule has 1 aromatic rings. The number of benzene rings is 1. The molecule has 1 aromatic carbocycles. The van der Waals surface area contributed by atoms with Crippen LogP contribution in [0.2, 0.25) is 0 Å². The lowest BCUT2D eigenvalue weighted by Gasteiger charge is -2.11. The molecule has 1 rings (SSSR count). The van der Waals surface area contributed by atoms with Crippen LogP contribution in [0.4, 0.5) is 23.2 Å². The maximum atomic E-state index is 13.2. The van der Waals surface area contributed by atoms with Crippen molar-refractivity contribution in [2.45, 2.75) is 18.0 Å². The van der Waals surface area contributed by atoms with Crippen molar-refractivity contribution in [2.75, 3.05) is 5.32 Å². The SMILES string of the molecule is Cc1cc(F)c(SCl)cc1NC(=O)C(F)(F)F. The highest BCUT2D eigenvalue weighted by molar-refractivity contribution is 8.21. The maximum absolute atomic E-state index is 13.2. The van der Waals surface area contributed by atoms with Crippen LogP contribution in [0.3, 0.4) is 0 Å². The van der Waals surface area contributed by atoms with Gasteiger partial charge in [-0.1, -0.05) is 0 Å². The second-order valence-corrected chi connectivity index (χ2v) is 4.18. The zero-order valence-electron chi connectivity index (χ0n) is 8.36. The van der Waals surface area contributed by atoms with Crippen LogP contribution in [-0.2, 0) is 4.79 Å². The molecule has 0 heterocycles. The Kier molecular flexibility index (Phi) is 4.26. The van der Waals surface area contributed by atoms with Crippen LogP contribution in [0.15, 0.2) is 17.0 Å². The summed E-state index contributed by atoms with van der Waals surface area (Å²) in [5.74, 6) is -2.77. The van der Waals surface area contributed by atoms with E-state index in [-0.39, 0.29) is 16.1 Å². The molecule has 0 fully saturated rings. The number of carbonyl (C=O) groups excluding carboxylic acids is 1. The molecule has 0 aromatic heterocycles. The zero-order chi connectivity index (χ0) is 13.2. The Labute approximate surface area is 103 Å². The number of anilines is 1. The fourth-order valence-corrected chi connectivity index (χ4v) is 1.69. The van der Waals surface area contributed by atoms with Gasteiger partial charge in [0.2, 0.25) is 0 Å². The molecule has 0 unspecified atom stereocenters. The highest BCUT2D eigenvalue weighted by atomic mass is 35.7. The third kappa shape index (κ3) is 3.50. The molecule has 0 saturated heterocycles. The van der Waals surface area contributed by atoms with Gasteiger partial charge in [-0.05, 0) is 46.3 Å². The fraction of sp³-hybridized carbons (Fsp3) is 0.222. The Morgan fingerprint density at radius 3 is 2.47 bits per heavy atom. The Morgan fingerprint density at radius 1 is 1.41 bits per heavy atom. The molecule has 94 valence electrons. The Bertz CT molecular complexity index is 449. The lowest BCUT2D eigenvalue weighted by molar-refractivity contribution is -0.167. The Hall–Kier alpha value is -0.950. The van der Waals surface area contributed by atoms with Gasteiger partial charge in [0.15, 0.2) is 0 Å². The van der Waals surface area contributed by atoms with E-state index < -0.39 is 17.9 Å². The minimum absolute atomic E-state index is 0.0604. The second-order valence-electron chi connectivity index (χ2n) is 3.13. The van der Waals surface area contributed by atoms with E-state index >= 15 is 0 Å². The van der Waals surface area contributed by atoms with Crippen LogP contribution in [0.1, 0.15) is 5.56 Å². The summed E-state index contributed by atoms with van der Waals surface area (Å²) in [5.41, 5.74) is 0.0476. The van der Waals surface area contributed by atoms with Gasteiger partial charge in [-0.3, -0.25) is 4.79 Å². The lowest BCUT2D eigenvalue weighted by Crippen LogP contribution is -2.30. The van der Waals surface area contributed by atoms with E-state index in [2.05, 4.69) is 0 Å². The summed E-state index contributed by atoms with van der Waals surface area (Å²) >= 11 is 0. The smallest absolute Gasteiger partial charge is 0.318 e. The summed E-state index contributed by atoms with van der Waals surface area (Å²) in [4.78, 5) is 10.6. The van der Waals surface area contributed by atoms with E-state index in [1.54, 1.807) is 5.32 Å². The summed E-state index contributed by atoms with van der Waals surface area (Å²) in [7, 11) is 5.84. The van der Waals surface area contributed by atoms with Crippen molar-refractivity contribution in [2.24, 2.45) is 0 Å². The molecule has 0 aliphatic heterocycles. The first-order valence-electron chi connectivity index (χ1n) is 4.22. The minimum atomic E-state index is -4.99. The third-order valence-electron chi connectivity index (χ3n) is 1.87. The topological polar surface area (TPSA) is 29.1 Å². The zero-order valence-corrected chi connectivity index (χ0v) is 9.93. The molecule has 0 aliphatic rings. The normalized spacial score (nSPS) is 11.4. The number of alkyl halides is 3. The number of rotatable bonds is 2. The van der Waals surface area contributed by atoms with Gasteiger partial charge in [0, 0.05) is 5.69 Å². The fourth-order valence-electron chi connectivity index (χ4n) is 1.04. The van der Waals surface area contributed by atoms with E-state index in [4.69, 9.17) is 10.7 Å². The van der Waals surface area contributed by atoms with Gasteiger partial charge < -0.3 is 5.32 Å². The molecule has 0 saturated carbocycles. The average Bonchev–Trinajstić information content (AvgIpc) is 2.20. The summed E-state index contributed by atoms with van der Waals surface area (Å²) in [6.07, 6.45) is -4.99. The number of aryl methyl sites for hydroxylation is 1. The van der Waals surface area contributed by atoms with E-state index in [0.717, 1.165) is 12.1 Å². The second kappa shape index (κ2) is 5.14. The summed E-state index contributed by atoms with van der Waals surface area (Å²) in [5, 5.41) is 1.65. The number of halogens is 5. The number of nitrogens with one attached hydrogen (secondary N) is 1. The van der Waals surface area contributed by atoms with Gasteiger partial charge in [0.05, 0.1) is 4.90 Å². The van der Waals surface area contributed by atoms with Crippen molar-refractivity contribution in [3.63, 3.8) is 0 Å². The Morgan fingerprint density at radius 2 is 2.00 bits per heavy atom. The van der Waals surface area contributed by atoms with Crippen LogP contribution in [0, 0.1) is 12.7 Å². The summed E-state index contributed by atoms with van der Waals surface area (Å²) in [6.45, 7) is 1.37. The molecule has 0 atom stereocenters. The first kappa shape index (κ1) is 14.1. The molecule has 17 heavy (non-hydrogen) atoms. The predicted molar refractivity (Wildman–Crippen MR) is 57.5 cm³/mol. The highest BCUT2D eigenvalue weighted by Gasteiger charge is 2.38. The third-order valence-corrected chi connectivity index (χ3v) is 2.85. The predicted octanol–water partition coefficient (Wildman–Crippen LogP) is 3.88. The van der Waals surface area contributed by atoms with E-state index in [1.807, 2.05) is 0 Å². The molecule has 0 radical (unpaired) electrons. The Balaban J connectivity index is 3.03. The van der Waals surface area contributed by atoms with Gasteiger partial charge in [-0.2, -0.15) is 13.2 Å². The van der Waals surface area contributed by atoms with E-state index in [0.29, 0.717) is 11.0 Å². The van der Waals surface area contributed by atoms with Crippen molar-refractivity contribution in [1.29, 1.82) is 0 Å². The largest absolute Gasteiger partial charge is 0.471 e. The quantitative estimate of drug-likeness (QED) is 0.836. The molecule has 2 nitrogen and oxygen atoms in total. The maximum Gasteiger partial charge on any atom is 0.471 e. The van der Waals surface area contributed by atoms with Crippen LogP contribution in [0.5, 0.6) is 0 Å². The van der Waals surface area contributed by atoms with Crippen molar-refractivity contribution in [3.8, 4) is 0 Å². The standard InChI is InChI=1S/C9H6ClF4NOS/c1-4-2-5(11)7(17-10)3-6(4)15-8(16)9(12,13)14/h2-3H,1H3,(H,15,16). The summed E-state index contributed by atoms with van der Waals surface area (Å²) < 4.78 is 49.2. The van der Waals surface area contributed by atoms with Crippen LogP contribution >= 0.6 is 21.7 Å². The number of hydrogen-bond acceptors (Lipinski definition) is 2. The average molecular weight is 288 g/mol. The number of carbonyl (C=O) groups is 1. The van der Waals surface area contributed by atoms with Crippen molar-refractivity contribution in [3.05, 3.63) is 23.5 Å². The molecule has 0 spiro atoms. The first-order valence-corrected chi connectivity index (χ1v) is 5.87. The summed E-state index contributed by atoms with van der Waals surface area (Å²) in [6, 6.07) is 2.04.